The van der Waals surface area contributed by atoms with Gasteiger partial charge >= 0.3 is 5.97 Å². The Kier molecular flexibility index (Phi) is 9.97. The van der Waals surface area contributed by atoms with Crippen molar-refractivity contribution in [2.75, 3.05) is 38.1 Å². The second-order valence-electron chi connectivity index (χ2n) is 9.05. The van der Waals surface area contributed by atoms with Crippen molar-refractivity contribution in [3.8, 4) is 0 Å². The van der Waals surface area contributed by atoms with Crippen molar-refractivity contribution in [3.63, 3.8) is 0 Å². The van der Waals surface area contributed by atoms with E-state index in [0.29, 0.717) is 6.61 Å². The van der Waals surface area contributed by atoms with E-state index >= 15 is 0 Å². The highest BCUT2D eigenvalue weighted by molar-refractivity contribution is 5.85. The Hall–Kier alpha value is -2.15. The third-order valence-corrected chi connectivity index (χ3v) is 6.55. The number of pyridine rings is 1. The van der Waals surface area contributed by atoms with Crippen LogP contribution in [0.1, 0.15) is 54.8 Å². The fourth-order valence-corrected chi connectivity index (χ4v) is 4.81. The molecular weight excluding hydrogens is 438 g/mol. The van der Waals surface area contributed by atoms with Crippen LogP contribution in [0.15, 0.2) is 42.5 Å². The van der Waals surface area contributed by atoms with Crippen LogP contribution in [0, 0.1) is 0 Å². The van der Waals surface area contributed by atoms with Crippen molar-refractivity contribution in [1.29, 1.82) is 0 Å². The number of carboxylic acids is 1. The number of anilines is 1. The molecule has 0 bridgehead atoms. The number of likely N-dealkylation sites (tertiary alicyclic amines) is 1. The normalized spacial score (nSPS) is 19.1. The molecule has 1 fully saturated rings. The van der Waals surface area contributed by atoms with Crippen molar-refractivity contribution < 1.29 is 14.6 Å². The molecule has 1 saturated heterocycles. The van der Waals surface area contributed by atoms with E-state index in [9.17, 15) is 9.90 Å². The minimum absolute atomic E-state index is 0. The lowest BCUT2D eigenvalue weighted by Gasteiger charge is -2.33. The Labute approximate surface area is 203 Å². The van der Waals surface area contributed by atoms with E-state index in [0.717, 1.165) is 69.7 Å². The number of halogens is 1. The van der Waals surface area contributed by atoms with Crippen LogP contribution in [0.5, 0.6) is 0 Å². The molecule has 0 spiro atoms. The zero-order valence-electron chi connectivity index (χ0n) is 19.2. The standard InChI is InChI=1S/C26H35N3O3.ClH/c30-25(31)17-22(20-7-2-1-3-8-20)19-32-24-11-6-16-29(18-24)15-5-10-23-13-12-21-9-4-14-27-26(21)28-23;/h1-3,7-8,12-13,22,24H,4-6,9-11,14-19H2,(H,27,28)(H,30,31);1H. The molecule has 7 heteroatoms. The summed E-state index contributed by atoms with van der Waals surface area (Å²) < 4.78 is 6.23. The van der Waals surface area contributed by atoms with E-state index < -0.39 is 5.97 Å². The highest BCUT2D eigenvalue weighted by atomic mass is 35.5. The van der Waals surface area contributed by atoms with Gasteiger partial charge in [-0.2, -0.15) is 0 Å². The topological polar surface area (TPSA) is 74.7 Å². The van der Waals surface area contributed by atoms with E-state index in [4.69, 9.17) is 9.72 Å². The van der Waals surface area contributed by atoms with Crippen LogP contribution in [0.25, 0.3) is 0 Å². The van der Waals surface area contributed by atoms with Gasteiger partial charge in [-0.3, -0.25) is 4.79 Å². The Morgan fingerprint density at radius 3 is 2.88 bits per heavy atom. The van der Waals surface area contributed by atoms with Gasteiger partial charge in [-0.1, -0.05) is 36.4 Å². The first-order chi connectivity index (χ1) is 15.7. The molecular formula is C26H36ClN3O3. The van der Waals surface area contributed by atoms with E-state index in [1.54, 1.807) is 0 Å². The molecule has 2 N–H and O–H groups in total. The van der Waals surface area contributed by atoms with Crippen molar-refractivity contribution >= 4 is 24.2 Å². The molecule has 2 aromatic rings. The van der Waals surface area contributed by atoms with Crippen LogP contribution in [-0.4, -0.2) is 59.8 Å². The number of piperidine rings is 1. The fourth-order valence-electron chi connectivity index (χ4n) is 4.81. The van der Waals surface area contributed by atoms with Gasteiger partial charge in [0.15, 0.2) is 0 Å². The Bertz CT molecular complexity index is 880. The molecule has 1 aromatic heterocycles. The summed E-state index contributed by atoms with van der Waals surface area (Å²) in [4.78, 5) is 18.6. The number of aromatic nitrogens is 1. The number of ether oxygens (including phenoxy) is 1. The largest absolute Gasteiger partial charge is 0.481 e. The molecule has 0 aliphatic carbocycles. The number of aliphatic carboxylic acids is 1. The SMILES string of the molecule is Cl.O=C(O)CC(COC1CCCN(CCCc2ccc3c(n2)NCCC3)C1)c1ccccc1. The number of hydrogen-bond donors (Lipinski definition) is 2. The predicted octanol–water partition coefficient (Wildman–Crippen LogP) is 4.53. The molecule has 0 saturated carbocycles. The smallest absolute Gasteiger partial charge is 0.304 e. The van der Waals surface area contributed by atoms with Crippen molar-refractivity contribution in [2.45, 2.75) is 57.0 Å². The first-order valence-corrected chi connectivity index (χ1v) is 12.0. The average molecular weight is 474 g/mol. The second-order valence-corrected chi connectivity index (χ2v) is 9.05. The van der Waals surface area contributed by atoms with E-state index in [1.165, 1.54) is 17.7 Å². The molecule has 2 atom stereocenters. The summed E-state index contributed by atoms with van der Waals surface area (Å²) in [6.07, 6.45) is 6.84. The van der Waals surface area contributed by atoms with Crippen LogP contribution in [0.4, 0.5) is 5.82 Å². The van der Waals surface area contributed by atoms with Gasteiger partial charge in [-0.25, -0.2) is 4.98 Å². The zero-order chi connectivity index (χ0) is 22.2. The number of carbonyl (C=O) groups is 1. The van der Waals surface area contributed by atoms with Crippen LogP contribution in [0.3, 0.4) is 0 Å². The lowest BCUT2D eigenvalue weighted by atomic mass is 9.96. The summed E-state index contributed by atoms with van der Waals surface area (Å²) in [5, 5.41) is 12.7. The molecule has 4 rings (SSSR count). The molecule has 2 unspecified atom stereocenters. The van der Waals surface area contributed by atoms with Crippen molar-refractivity contribution in [2.24, 2.45) is 0 Å². The third kappa shape index (κ3) is 7.70. The van der Waals surface area contributed by atoms with Gasteiger partial charge in [0.1, 0.15) is 5.82 Å². The number of benzene rings is 1. The van der Waals surface area contributed by atoms with Gasteiger partial charge in [0.25, 0.3) is 0 Å². The molecule has 33 heavy (non-hydrogen) atoms. The van der Waals surface area contributed by atoms with Crippen LogP contribution >= 0.6 is 12.4 Å². The maximum Gasteiger partial charge on any atom is 0.304 e. The number of aryl methyl sites for hydroxylation is 2. The monoisotopic (exact) mass is 473 g/mol. The van der Waals surface area contributed by atoms with Gasteiger partial charge < -0.3 is 20.1 Å². The second kappa shape index (κ2) is 12.9. The molecule has 2 aliphatic rings. The van der Waals surface area contributed by atoms with Gasteiger partial charge in [0.05, 0.1) is 19.1 Å². The fraction of sp³-hybridized carbons (Fsp3) is 0.538. The number of fused-ring (bicyclic) bond motifs is 1. The summed E-state index contributed by atoms with van der Waals surface area (Å²) >= 11 is 0. The van der Waals surface area contributed by atoms with Gasteiger partial charge in [0.2, 0.25) is 0 Å². The summed E-state index contributed by atoms with van der Waals surface area (Å²) in [7, 11) is 0. The molecule has 3 heterocycles. The van der Waals surface area contributed by atoms with Gasteiger partial charge in [-0.05, 0) is 68.8 Å². The number of hydrogen-bond acceptors (Lipinski definition) is 5. The summed E-state index contributed by atoms with van der Waals surface area (Å²) in [5.41, 5.74) is 3.55. The third-order valence-electron chi connectivity index (χ3n) is 6.55. The lowest BCUT2D eigenvalue weighted by Crippen LogP contribution is -2.40. The molecule has 6 nitrogen and oxygen atoms in total. The summed E-state index contributed by atoms with van der Waals surface area (Å²) in [5.74, 6) is 0.195. The number of nitrogens with zero attached hydrogens (tertiary/aromatic N) is 2. The van der Waals surface area contributed by atoms with E-state index in [2.05, 4.69) is 22.3 Å². The Morgan fingerprint density at radius 1 is 1.21 bits per heavy atom. The highest BCUT2D eigenvalue weighted by Crippen LogP contribution is 2.23. The van der Waals surface area contributed by atoms with Crippen LogP contribution < -0.4 is 5.32 Å². The van der Waals surface area contributed by atoms with Gasteiger partial charge in [0, 0.05) is 24.7 Å². The molecule has 0 amide bonds. The number of carboxylic acid groups (broad SMARTS) is 1. The quantitative estimate of drug-likeness (QED) is 0.528. The minimum atomic E-state index is -0.779. The molecule has 1 aromatic carbocycles. The van der Waals surface area contributed by atoms with E-state index in [1.807, 2.05) is 30.3 Å². The maximum atomic E-state index is 11.3. The maximum absolute atomic E-state index is 11.3. The first kappa shape index (κ1) is 25.5. The van der Waals surface area contributed by atoms with Crippen LogP contribution in [0.2, 0.25) is 0 Å². The Balaban J connectivity index is 0.00000306. The van der Waals surface area contributed by atoms with E-state index in [-0.39, 0.29) is 30.8 Å². The zero-order valence-corrected chi connectivity index (χ0v) is 20.1. The first-order valence-electron chi connectivity index (χ1n) is 12.0. The molecule has 2 aliphatic heterocycles. The van der Waals surface area contributed by atoms with Crippen LogP contribution in [-0.2, 0) is 22.4 Å². The van der Waals surface area contributed by atoms with Gasteiger partial charge in [-0.15, -0.1) is 12.4 Å². The number of rotatable bonds is 10. The molecule has 180 valence electrons. The Morgan fingerprint density at radius 2 is 2.06 bits per heavy atom. The lowest BCUT2D eigenvalue weighted by molar-refractivity contribution is -0.138. The van der Waals surface area contributed by atoms with Crippen molar-refractivity contribution in [1.82, 2.24) is 9.88 Å². The molecule has 0 radical (unpaired) electrons. The average Bonchev–Trinajstić information content (AvgIpc) is 2.82. The number of nitrogens with one attached hydrogen (secondary N) is 1. The van der Waals surface area contributed by atoms with Crippen molar-refractivity contribution in [3.05, 3.63) is 59.3 Å². The minimum Gasteiger partial charge on any atom is -0.481 e. The summed E-state index contributed by atoms with van der Waals surface area (Å²) in [6, 6.07) is 14.3. The highest BCUT2D eigenvalue weighted by Gasteiger charge is 2.23. The predicted molar refractivity (Wildman–Crippen MR) is 133 cm³/mol. The summed E-state index contributed by atoms with van der Waals surface area (Å²) in [6.45, 7) is 4.56.